The van der Waals surface area contributed by atoms with Gasteiger partial charge in [-0.2, -0.15) is 5.26 Å². The second-order valence-electron chi connectivity index (χ2n) is 6.47. The molecule has 0 bridgehead atoms. The molecule has 1 aliphatic heterocycles. The third-order valence-electron chi connectivity index (χ3n) is 4.91. The van der Waals surface area contributed by atoms with E-state index >= 15 is 0 Å². The Morgan fingerprint density at radius 2 is 2.04 bits per heavy atom. The second-order valence-corrected chi connectivity index (χ2v) is 6.47. The van der Waals surface area contributed by atoms with Crippen LogP contribution in [0.3, 0.4) is 0 Å². The molecule has 0 spiro atoms. The summed E-state index contributed by atoms with van der Waals surface area (Å²) in [6.07, 6.45) is 6.20. The summed E-state index contributed by atoms with van der Waals surface area (Å²) in [5.41, 5.74) is 1.41. The molecule has 0 atom stereocenters. The fraction of sp³-hybridized carbons (Fsp3) is 0.286. The van der Waals surface area contributed by atoms with Crippen LogP contribution in [0.15, 0.2) is 36.4 Å². The zero-order valence-corrected chi connectivity index (χ0v) is 14.8. The Bertz CT molecular complexity index is 1030. The molecule has 0 saturated heterocycles. The van der Waals surface area contributed by atoms with Gasteiger partial charge in [0.1, 0.15) is 17.6 Å². The molecule has 26 heavy (non-hydrogen) atoms. The Kier molecular flexibility index (Phi) is 4.40. The molecule has 0 unspecified atom stereocenters. The predicted octanol–water partition coefficient (Wildman–Crippen LogP) is 4.23. The van der Waals surface area contributed by atoms with Gasteiger partial charge in [0.05, 0.1) is 12.7 Å². The van der Waals surface area contributed by atoms with E-state index in [2.05, 4.69) is 26.9 Å². The highest BCUT2D eigenvalue weighted by Gasteiger charge is 2.18. The molecule has 0 saturated carbocycles. The molecule has 1 aromatic heterocycles. The summed E-state index contributed by atoms with van der Waals surface area (Å²) in [6, 6.07) is 14.4. The number of fused-ring (bicyclic) bond motifs is 2. The van der Waals surface area contributed by atoms with E-state index in [1.807, 2.05) is 36.4 Å². The van der Waals surface area contributed by atoms with Crippen molar-refractivity contribution in [3.63, 3.8) is 0 Å². The number of aromatic nitrogens is 3. The molecule has 5 heteroatoms. The number of nitriles is 1. The predicted molar refractivity (Wildman–Crippen MR) is 102 cm³/mol. The van der Waals surface area contributed by atoms with E-state index in [9.17, 15) is 5.26 Å². The fourth-order valence-corrected chi connectivity index (χ4v) is 3.58. The van der Waals surface area contributed by atoms with Crippen LogP contribution in [0.4, 0.5) is 0 Å². The van der Waals surface area contributed by atoms with Crippen LogP contribution in [0.25, 0.3) is 22.4 Å². The van der Waals surface area contributed by atoms with Crippen molar-refractivity contribution < 1.29 is 4.74 Å². The molecule has 1 aliphatic rings. The maximum absolute atomic E-state index is 9.83. The van der Waals surface area contributed by atoms with Crippen LogP contribution in [-0.4, -0.2) is 21.9 Å². The van der Waals surface area contributed by atoms with Crippen molar-refractivity contribution in [1.29, 1.82) is 5.26 Å². The zero-order chi connectivity index (χ0) is 17.9. The second kappa shape index (κ2) is 7.01. The Balaban J connectivity index is 1.89. The van der Waals surface area contributed by atoms with Crippen molar-refractivity contribution in [2.45, 2.75) is 32.2 Å². The molecule has 0 N–H and O–H groups in total. The number of rotatable bonds is 3. The Labute approximate surface area is 152 Å². The van der Waals surface area contributed by atoms with Crippen LogP contribution in [0.5, 0.6) is 5.75 Å². The first kappa shape index (κ1) is 16.3. The van der Waals surface area contributed by atoms with Crippen molar-refractivity contribution in [3.8, 4) is 11.8 Å². The van der Waals surface area contributed by atoms with Gasteiger partial charge in [-0.15, -0.1) is 10.2 Å². The summed E-state index contributed by atoms with van der Waals surface area (Å²) in [5, 5.41) is 20.6. The number of methoxy groups -OCH3 is 1. The highest BCUT2D eigenvalue weighted by Crippen LogP contribution is 2.32. The summed E-state index contributed by atoms with van der Waals surface area (Å²) >= 11 is 0. The molecule has 2 aromatic carbocycles. The molecular formula is C21H20N4O. The van der Waals surface area contributed by atoms with E-state index in [-0.39, 0.29) is 0 Å². The van der Waals surface area contributed by atoms with E-state index in [4.69, 9.17) is 4.74 Å². The molecule has 5 nitrogen and oxygen atoms in total. The maximum Gasteiger partial charge on any atom is 0.174 e. The molecule has 0 radical (unpaired) electrons. The highest BCUT2D eigenvalue weighted by atomic mass is 16.5. The minimum absolute atomic E-state index is 0.514. The van der Waals surface area contributed by atoms with Crippen LogP contribution in [0, 0.1) is 11.3 Å². The number of benzene rings is 2. The lowest BCUT2D eigenvalue weighted by atomic mass is 10.0. The van der Waals surface area contributed by atoms with Crippen molar-refractivity contribution >= 4 is 22.4 Å². The standard InChI is InChI=1S/C21H20N4O/c1-26-19-11-10-15-7-4-5-8-17(15)18(19)13-16(14-22)21-24-23-20-9-3-2-6-12-25(20)21/h4-5,7-8,10-11,13H,2-3,6,9,12H2,1H3/b16-13-. The SMILES string of the molecule is COc1ccc2ccccc2c1/C=C(/C#N)c1nnc2n1CCCCC2. The molecule has 0 aliphatic carbocycles. The number of hydrogen-bond donors (Lipinski definition) is 0. The Morgan fingerprint density at radius 1 is 1.15 bits per heavy atom. The van der Waals surface area contributed by atoms with Crippen molar-refractivity contribution in [1.82, 2.24) is 14.8 Å². The van der Waals surface area contributed by atoms with Crippen LogP contribution in [0.2, 0.25) is 0 Å². The summed E-state index contributed by atoms with van der Waals surface area (Å²) in [7, 11) is 1.65. The first-order valence-electron chi connectivity index (χ1n) is 8.92. The van der Waals surface area contributed by atoms with Crippen LogP contribution < -0.4 is 4.74 Å². The largest absolute Gasteiger partial charge is 0.496 e. The lowest BCUT2D eigenvalue weighted by molar-refractivity contribution is 0.414. The number of nitrogens with zero attached hydrogens (tertiary/aromatic N) is 4. The molecule has 4 rings (SSSR count). The summed E-state index contributed by atoms with van der Waals surface area (Å²) in [5.74, 6) is 2.37. The molecular weight excluding hydrogens is 324 g/mol. The van der Waals surface area contributed by atoms with Gasteiger partial charge in [0.15, 0.2) is 5.82 Å². The number of ether oxygens (including phenoxy) is 1. The van der Waals surface area contributed by atoms with E-state index in [1.54, 1.807) is 7.11 Å². The fourth-order valence-electron chi connectivity index (χ4n) is 3.58. The lowest BCUT2D eigenvalue weighted by Crippen LogP contribution is -2.05. The molecule has 130 valence electrons. The topological polar surface area (TPSA) is 63.7 Å². The summed E-state index contributed by atoms with van der Waals surface area (Å²) in [4.78, 5) is 0. The average Bonchev–Trinajstić information content (AvgIpc) is 2.93. The minimum atomic E-state index is 0.514. The van der Waals surface area contributed by atoms with Gasteiger partial charge in [-0.1, -0.05) is 36.8 Å². The summed E-state index contributed by atoms with van der Waals surface area (Å²) < 4.78 is 7.65. The average molecular weight is 344 g/mol. The van der Waals surface area contributed by atoms with Gasteiger partial charge in [0.25, 0.3) is 0 Å². The van der Waals surface area contributed by atoms with E-state index in [0.717, 1.165) is 53.7 Å². The van der Waals surface area contributed by atoms with Crippen molar-refractivity contribution in [2.24, 2.45) is 0 Å². The highest BCUT2D eigenvalue weighted by molar-refractivity contribution is 5.99. The zero-order valence-electron chi connectivity index (χ0n) is 14.8. The number of aryl methyl sites for hydroxylation is 1. The molecule has 2 heterocycles. The number of hydrogen-bond acceptors (Lipinski definition) is 4. The lowest BCUT2D eigenvalue weighted by Gasteiger charge is -2.10. The smallest absolute Gasteiger partial charge is 0.174 e. The van der Waals surface area contributed by atoms with Gasteiger partial charge < -0.3 is 9.30 Å². The third-order valence-corrected chi connectivity index (χ3v) is 4.91. The first-order chi connectivity index (χ1) is 12.8. The van der Waals surface area contributed by atoms with Crippen LogP contribution in [-0.2, 0) is 13.0 Å². The Hall–Kier alpha value is -3.13. The van der Waals surface area contributed by atoms with Gasteiger partial charge in [-0.3, -0.25) is 0 Å². The minimum Gasteiger partial charge on any atom is -0.496 e. The van der Waals surface area contributed by atoms with E-state index in [1.165, 1.54) is 6.42 Å². The third kappa shape index (κ3) is 2.84. The quantitative estimate of drug-likeness (QED) is 0.667. The van der Waals surface area contributed by atoms with Gasteiger partial charge >= 0.3 is 0 Å². The first-order valence-corrected chi connectivity index (χ1v) is 8.92. The number of allylic oxidation sites excluding steroid dienone is 1. The van der Waals surface area contributed by atoms with Crippen LogP contribution in [0.1, 0.15) is 36.5 Å². The van der Waals surface area contributed by atoms with Crippen molar-refractivity contribution in [3.05, 3.63) is 53.6 Å². The van der Waals surface area contributed by atoms with Gasteiger partial charge in [0, 0.05) is 18.5 Å². The maximum atomic E-state index is 9.83. The van der Waals surface area contributed by atoms with E-state index in [0.29, 0.717) is 11.4 Å². The molecule has 3 aromatic rings. The van der Waals surface area contributed by atoms with E-state index < -0.39 is 0 Å². The normalized spacial score (nSPS) is 14.5. The Morgan fingerprint density at radius 3 is 2.88 bits per heavy atom. The monoisotopic (exact) mass is 344 g/mol. The van der Waals surface area contributed by atoms with Crippen LogP contribution >= 0.6 is 0 Å². The van der Waals surface area contributed by atoms with Gasteiger partial charge in [-0.25, -0.2) is 0 Å². The molecule has 0 amide bonds. The molecule has 0 fully saturated rings. The van der Waals surface area contributed by atoms with Gasteiger partial charge in [0.2, 0.25) is 0 Å². The van der Waals surface area contributed by atoms with Gasteiger partial charge in [-0.05, 0) is 35.8 Å². The summed E-state index contributed by atoms with van der Waals surface area (Å²) in [6.45, 7) is 0.864. The van der Waals surface area contributed by atoms with Crippen molar-refractivity contribution in [2.75, 3.05) is 7.11 Å².